The van der Waals surface area contributed by atoms with Gasteiger partial charge in [0.1, 0.15) is 5.01 Å². The molecule has 0 saturated heterocycles. The third-order valence-electron chi connectivity index (χ3n) is 4.40. The number of nitrogens with one attached hydrogen (secondary N) is 2. The van der Waals surface area contributed by atoms with Crippen LogP contribution in [0.15, 0.2) is 54.6 Å². The summed E-state index contributed by atoms with van der Waals surface area (Å²) in [5.41, 5.74) is 2.80. The van der Waals surface area contributed by atoms with E-state index in [0.717, 1.165) is 10.6 Å². The molecule has 0 spiro atoms. The van der Waals surface area contributed by atoms with Gasteiger partial charge in [-0.15, -0.1) is 10.2 Å². The summed E-state index contributed by atoms with van der Waals surface area (Å²) < 4.78 is 0. The Morgan fingerprint density at radius 1 is 0.966 bits per heavy atom. The molecule has 0 bridgehead atoms. The van der Waals surface area contributed by atoms with Crippen molar-refractivity contribution < 1.29 is 9.59 Å². The number of anilines is 1. The second-order valence-corrected chi connectivity index (χ2v) is 8.16. The van der Waals surface area contributed by atoms with Gasteiger partial charge in [-0.25, -0.2) is 0 Å². The zero-order valence-electron chi connectivity index (χ0n) is 16.7. The molecule has 0 saturated carbocycles. The lowest BCUT2D eigenvalue weighted by Gasteiger charge is -2.13. The van der Waals surface area contributed by atoms with Gasteiger partial charge in [0.2, 0.25) is 11.0 Å². The second-order valence-electron chi connectivity index (χ2n) is 7.18. The van der Waals surface area contributed by atoms with Crippen LogP contribution in [0, 0.1) is 0 Å². The van der Waals surface area contributed by atoms with Crippen molar-refractivity contribution >= 4 is 28.3 Å². The minimum absolute atomic E-state index is 0.149. The maximum absolute atomic E-state index is 12.3. The lowest BCUT2D eigenvalue weighted by Crippen LogP contribution is -2.35. The molecule has 1 atom stereocenters. The Morgan fingerprint density at radius 3 is 2.31 bits per heavy atom. The van der Waals surface area contributed by atoms with Crippen LogP contribution in [0.1, 0.15) is 49.0 Å². The van der Waals surface area contributed by atoms with E-state index in [-0.39, 0.29) is 24.3 Å². The first-order chi connectivity index (χ1) is 13.9. The molecule has 2 N–H and O–H groups in total. The van der Waals surface area contributed by atoms with Crippen molar-refractivity contribution in [3.63, 3.8) is 0 Å². The Bertz CT molecular complexity index is 968. The molecular formula is C22H24N4O2S. The molecule has 150 valence electrons. The van der Waals surface area contributed by atoms with Crippen LogP contribution in [-0.4, -0.2) is 28.1 Å². The van der Waals surface area contributed by atoms with E-state index in [0.29, 0.717) is 16.6 Å². The predicted octanol–water partition coefficient (Wildman–Crippen LogP) is 4.48. The smallest absolute Gasteiger partial charge is 0.251 e. The van der Waals surface area contributed by atoms with Crippen molar-refractivity contribution in [2.24, 2.45) is 0 Å². The molecule has 2 aromatic carbocycles. The van der Waals surface area contributed by atoms with Crippen LogP contribution >= 0.6 is 11.3 Å². The number of rotatable bonds is 7. The minimum atomic E-state index is -0.307. The Labute approximate surface area is 174 Å². The van der Waals surface area contributed by atoms with Gasteiger partial charge in [0.25, 0.3) is 5.91 Å². The Morgan fingerprint density at radius 2 is 1.66 bits per heavy atom. The number of carbonyl (C=O) groups is 2. The first-order valence-electron chi connectivity index (χ1n) is 9.52. The van der Waals surface area contributed by atoms with Gasteiger partial charge in [0, 0.05) is 23.6 Å². The molecule has 0 radical (unpaired) electrons. The van der Waals surface area contributed by atoms with E-state index in [1.807, 2.05) is 18.2 Å². The van der Waals surface area contributed by atoms with Crippen LogP contribution in [0.25, 0.3) is 10.6 Å². The fourth-order valence-corrected chi connectivity index (χ4v) is 3.56. The van der Waals surface area contributed by atoms with Gasteiger partial charge in [-0.05, 0) is 30.5 Å². The fraction of sp³-hybridized carbons (Fsp3) is 0.273. The number of amides is 2. The number of aromatic nitrogens is 2. The molecule has 0 aliphatic heterocycles. The molecule has 2 amide bonds. The van der Waals surface area contributed by atoms with Gasteiger partial charge < -0.3 is 10.6 Å². The van der Waals surface area contributed by atoms with E-state index < -0.39 is 0 Å². The van der Waals surface area contributed by atoms with E-state index in [4.69, 9.17) is 0 Å². The van der Waals surface area contributed by atoms with Crippen LogP contribution in [-0.2, 0) is 4.79 Å². The van der Waals surface area contributed by atoms with E-state index in [1.54, 1.807) is 31.2 Å². The highest BCUT2D eigenvalue weighted by Crippen LogP contribution is 2.27. The molecule has 0 aliphatic carbocycles. The van der Waals surface area contributed by atoms with E-state index in [1.165, 1.54) is 16.9 Å². The maximum Gasteiger partial charge on any atom is 0.251 e. The summed E-state index contributed by atoms with van der Waals surface area (Å²) in [5.74, 6) is 0.0513. The molecule has 6 nitrogen and oxygen atoms in total. The normalized spacial score (nSPS) is 11.9. The topological polar surface area (TPSA) is 84.0 Å². The highest BCUT2D eigenvalue weighted by atomic mass is 32.1. The van der Waals surface area contributed by atoms with E-state index in [2.05, 4.69) is 46.8 Å². The zero-order valence-corrected chi connectivity index (χ0v) is 17.5. The first-order valence-corrected chi connectivity index (χ1v) is 10.3. The van der Waals surface area contributed by atoms with Gasteiger partial charge in [-0.1, -0.05) is 67.6 Å². The number of nitrogens with zero attached hydrogens (tertiary/aromatic N) is 2. The molecule has 7 heteroatoms. The molecule has 3 rings (SSSR count). The van der Waals surface area contributed by atoms with Gasteiger partial charge in [-0.3, -0.25) is 9.59 Å². The quantitative estimate of drug-likeness (QED) is 0.604. The van der Waals surface area contributed by atoms with Crippen LogP contribution in [0.5, 0.6) is 0 Å². The van der Waals surface area contributed by atoms with Gasteiger partial charge in [0.05, 0.1) is 0 Å². The van der Waals surface area contributed by atoms with Gasteiger partial charge >= 0.3 is 0 Å². The highest BCUT2D eigenvalue weighted by molar-refractivity contribution is 7.18. The maximum atomic E-state index is 12.3. The summed E-state index contributed by atoms with van der Waals surface area (Å²) >= 11 is 1.32. The molecular weight excluding hydrogens is 384 g/mol. The van der Waals surface area contributed by atoms with Crippen LogP contribution in [0.3, 0.4) is 0 Å². The molecule has 29 heavy (non-hydrogen) atoms. The molecule has 0 fully saturated rings. The molecule has 3 aromatic rings. The molecule has 1 aromatic heterocycles. The Kier molecular flexibility index (Phi) is 6.72. The third-order valence-corrected chi connectivity index (χ3v) is 5.29. The summed E-state index contributed by atoms with van der Waals surface area (Å²) in [7, 11) is 0. The SMILES string of the molecule is CC(C)c1ccc(-c2nnc(NC(=O)C[C@H](C)NC(=O)c3ccccc3)s2)cc1. The molecule has 1 heterocycles. The van der Waals surface area contributed by atoms with Crippen molar-refractivity contribution in [2.45, 2.75) is 39.2 Å². The van der Waals surface area contributed by atoms with Crippen LogP contribution < -0.4 is 10.6 Å². The Balaban J connectivity index is 1.54. The summed E-state index contributed by atoms with van der Waals surface area (Å²) in [5, 5.41) is 15.0. The summed E-state index contributed by atoms with van der Waals surface area (Å²) in [4.78, 5) is 24.4. The van der Waals surface area contributed by atoms with Crippen LogP contribution in [0.2, 0.25) is 0 Å². The average Bonchev–Trinajstić information content (AvgIpc) is 3.16. The second kappa shape index (κ2) is 9.43. The first kappa shape index (κ1) is 20.7. The third kappa shape index (κ3) is 5.71. The van der Waals surface area contributed by atoms with E-state index >= 15 is 0 Å². The zero-order chi connectivity index (χ0) is 20.8. The van der Waals surface area contributed by atoms with Crippen molar-refractivity contribution in [3.8, 4) is 10.6 Å². The molecule has 0 unspecified atom stereocenters. The van der Waals surface area contributed by atoms with E-state index in [9.17, 15) is 9.59 Å². The number of hydrogen-bond acceptors (Lipinski definition) is 5. The summed E-state index contributed by atoms with van der Waals surface area (Å²) in [6.45, 7) is 6.09. The summed E-state index contributed by atoms with van der Waals surface area (Å²) in [6, 6.07) is 16.8. The molecule has 0 aliphatic rings. The monoisotopic (exact) mass is 408 g/mol. The van der Waals surface area contributed by atoms with Crippen molar-refractivity contribution in [3.05, 3.63) is 65.7 Å². The predicted molar refractivity (Wildman–Crippen MR) is 116 cm³/mol. The lowest BCUT2D eigenvalue weighted by atomic mass is 10.0. The fourth-order valence-electron chi connectivity index (χ4n) is 2.80. The minimum Gasteiger partial charge on any atom is -0.349 e. The Hall–Kier alpha value is -3.06. The van der Waals surface area contributed by atoms with Gasteiger partial charge in [0.15, 0.2) is 0 Å². The van der Waals surface area contributed by atoms with Crippen molar-refractivity contribution in [1.82, 2.24) is 15.5 Å². The van der Waals surface area contributed by atoms with Crippen molar-refractivity contribution in [2.75, 3.05) is 5.32 Å². The average molecular weight is 409 g/mol. The largest absolute Gasteiger partial charge is 0.349 e. The summed E-state index contributed by atoms with van der Waals surface area (Å²) in [6.07, 6.45) is 0.149. The number of carbonyl (C=O) groups excluding carboxylic acids is 2. The number of hydrogen-bond donors (Lipinski definition) is 2. The standard InChI is InChI=1S/C22H24N4O2S/c1-14(2)16-9-11-18(12-10-16)21-25-26-22(29-21)24-19(27)13-15(3)23-20(28)17-7-5-4-6-8-17/h4-12,14-15H,13H2,1-3H3,(H,23,28)(H,24,26,27)/t15-/m0/s1. The number of benzene rings is 2. The van der Waals surface area contributed by atoms with Crippen molar-refractivity contribution in [1.29, 1.82) is 0 Å². The highest BCUT2D eigenvalue weighted by Gasteiger charge is 2.15. The lowest BCUT2D eigenvalue weighted by molar-refractivity contribution is -0.116. The van der Waals surface area contributed by atoms with Gasteiger partial charge in [-0.2, -0.15) is 0 Å². The van der Waals surface area contributed by atoms with Crippen LogP contribution in [0.4, 0.5) is 5.13 Å².